The predicted octanol–water partition coefficient (Wildman–Crippen LogP) is 3.68. The standard InChI is InChI=1S/C19H23FN2O2/c1-4-24-18-11-6-5-10-17(18)21-14(2)19(23)22(3)13-15-8-7-9-16(20)12-15/h5-12,14,21H,4,13H2,1-3H3. The summed E-state index contributed by atoms with van der Waals surface area (Å²) in [6.07, 6.45) is 0. The van der Waals surface area contributed by atoms with Crippen molar-refractivity contribution in [3.05, 3.63) is 59.9 Å². The van der Waals surface area contributed by atoms with Crippen LogP contribution in [0.15, 0.2) is 48.5 Å². The number of hydrogen-bond donors (Lipinski definition) is 1. The molecule has 0 saturated carbocycles. The molecule has 0 spiro atoms. The summed E-state index contributed by atoms with van der Waals surface area (Å²) in [5, 5.41) is 3.18. The van der Waals surface area contributed by atoms with Crippen LogP contribution < -0.4 is 10.1 Å². The maximum atomic E-state index is 13.3. The summed E-state index contributed by atoms with van der Waals surface area (Å²) in [5.74, 6) is 0.336. The second kappa shape index (κ2) is 8.34. The minimum Gasteiger partial charge on any atom is -0.492 e. The second-order valence-corrected chi connectivity index (χ2v) is 5.62. The molecule has 1 unspecified atom stereocenters. The van der Waals surface area contributed by atoms with Crippen molar-refractivity contribution in [2.75, 3.05) is 19.0 Å². The fraction of sp³-hybridized carbons (Fsp3) is 0.316. The second-order valence-electron chi connectivity index (χ2n) is 5.62. The number of anilines is 1. The first-order chi connectivity index (χ1) is 11.5. The van der Waals surface area contributed by atoms with Gasteiger partial charge in [0.25, 0.3) is 0 Å². The highest BCUT2D eigenvalue weighted by Crippen LogP contribution is 2.24. The first kappa shape index (κ1) is 17.8. The molecule has 0 aliphatic carbocycles. The zero-order chi connectivity index (χ0) is 17.5. The van der Waals surface area contributed by atoms with Gasteiger partial charge < -0.3 is 15.0 Å². The summed E-state index contributed by atoms with van der Waals surface area (Å²) in [6.45, 7) is 4.63. The Balaban J connectivity index is 2.01. The third kappa shape index (κ3) is 4.72. The average molecular weight is 330 g/mol. The van der Waals surface area contributed by atoms with E-state index in [0.29, 0.717) is 18.9 Å². The molecular formula is C19H23FN2O2. The highest BCUT2D eigenvalue weighted by atomic mass is 19.1. The molecule has 24 heavy (non-hydrogen) atoms. The van der Waals surface area contributed by atoms with Gasteiger partial charge in [0.05, 0.1) is 12.3 Å². The Morgan fingerprint density at radius 2 is 2.00 bits per heavy atom. The van der Waals surface area contributed by atoms with Crippen molar-refractivity contribution in [2.45, 2.75) is 26.4 Å². The number of likely N-dealkylation sites (N-methyl/N-ethyl adjacent to an activating group) is 1. The normalized spacial score (nSPS) is 11.7. The number of rotatable bonds is 7. The van der Waals surface area contributed by atoms with Crippen molar-refractivity contribution in [3.63, 3.8) is 0 Å². The van der Waals surface area contributed by atoms with Gasteiger partial charge in [-0.05, 0) is 43.7 Å². The lowest BCUT2D eigenvalue weighted by molar-refractivity contribution is -0.130. The summed E-state index contributed by atoms with van der Waals surface area (Å²) in [5.41, 5.74) is 1.53. The largest absolute Gasteiger partial charge is 0.492 e. The Hall–Kier alpha value is -2.56. The molecule has 0 aromatic heterocycles. The van der Waals surface area contributed by atoms with Crippen LogP contribution in [0.1, 0.15) is 19.4 Å². The van der Waals surface area contributed by atoms with E-state index in [1.165, 1.54) is 12.1 Å². The summed E-state index contributed by atoms with van der Waals surface area (Å²) in [6, 6.07) is 13.4. The number of hydrogen-bond acceptors (Lipinski definition) is 3. The third-order valence-corrected chi connectivity index (χ3v) is 3.61. The Labute approximate surface area is 142 Å². The molecule has 5 heteroatoms. The van der Waals surface area contributed by atoms with E-state index in [9.17, 15) is 9.18 Å². The Morgan fingerprint density at radius 1 is 1.25 bits per heavy atom. The molecule has 2 aromatic carbocycles. The van der Waals surface area contributed by atoms with E-state index in [1.54, 1.807) is 31.0 Å². The van der Waals surface area contributed by atoms with Gasteiger partial charge >= 0.3 is 0 Å². The molecule has 1 atom stereocenters. The monoisotopic (exact) mass is 330 g/mol. The lowest BCUT2D eigenvalue weighted by atomic mass is 10.2. The number of amides is 1. The maximum absolute atomic E-state index is 13.3. The van der Waals surface area contributed by atoms with Crippen LogP contribution in [0.5, 0.6) is 5.75 Å². The molecule has 0 aliphatic rings. The summed E-state index contributed by atoms with van der Waals surface area (Å²) < 4.78 is 18.8. The van der Waals surface area contributed by atoms with Gasteiger partial charge in [-0.15, -0.1) is 0 Å². The van der Waals surface area contributed by atoms with Gasteiger partial charge in [-0.2, -0.15) is 0 Å². The summed E-state index contributed by atoms with van der Waals surface area (Å²) in [7, 11) is 1.71. The van der Waals surface area contributed by atoms with E-state index in [1.807, 2.05) is 31.2 Å². The first-order valence-electron chi connectivity index (χ1n) is 7.99. The molecule has 4 nitrogen and oxygen atoms in total. The fourth-order valence-corrected chi connectivity index (χ4v) is 2.48. The highest BCUT2D eigenvalue weighted by Gasteiger charge is 2.19. The SMILES string of the molecule is CCOc1ccccc1NC(C)C(=O)N(C)Cc1cccc(F)c1. The number of benzene rings is 2. The Morgan fingerprint density at radius 3 is 2.71 bits per heavy atom. The van der Waals surface area contributed by atoms with Crippen LogP contribution in [0.2, 0.25) is 0 Å². The number of carbonyl (C=O) groups is 1. The van der Waals surface area contributed by atoms with Crippen molar-refractivity contribution < 1.29 is 13.9 Å². The highest BCUT2D eigenvalue weighted by molar-refractivity contribution is 5.84. The molecule has 2 aromatic rings. The molecule has 0 radical (unpaired) electrons. The maximum Gasteiger partial charge on any atom is 0.244 e. The number of ether oxygens (including phenoxy) is 1. The molecule has 0 aliphatic heterocycles. The van der Waals surface area contributed by atoms with Gasteiger partial charge in [-0.25, -0.2) is 4.39 Å². The fourth-order valence-electron chi connectivity index (χ4n) is 2.48. The van der Waals surface area contributed by atoms with Crippen molar-refractivity contribution >= 4 is 11.6 Å². The first-order valence-corrected chi connectivity index (χ1v) is 7.99. The van der Waals surface area contributed by atoms with E-state index >= 15 is 0 Å². The van der Waals surface area contributed by atoms with Crippen molar-refractivity contribution in [1.82, 2.24) is 4.90 Å². The molecule has 128 valence electrons. The van der Waals surface area contributed by atoms with Crippen LogP contribution in [0.4, 0.5) is 10.1 Å². The Kier molecular flexibility index (Phi) is 6.18. The van der Waals surface area contributed by atoms with E-state index in [0.717, 1.165) is 11.3 Å². The lowest BCUT2D eigenvalue weighted by Gasteiger charge is -2.23. The topological polar surface area (TPSA) is 41.6 Å². The average Bonchev–Trinajstić information content (AvgIpc) is 2.56. The van der Waals surface area contributed by atoms with Crippen LogP contribution in [-0.4, -0.2) is 30.5 Å². The molecule has 1 N–H and O–H groups in total. The lowest BCUT2D eigenvalue weighted by Crippen LogP contribution is -2.38. The van der Waals surface area contributed by atoms with Gasteiger partial charge in [0.2, 0.25) is 5.91 Å². The number of nitrogens with one attached hydrogen (secondary N) is 1. The van der Waals surface area contributed by atoms with Crippen LogP contribution in [0.25, 0.3) is 0 Å². The summed E-state index contributed by atoms with van der Waals surface area (Å²) >= 11 is 0. The van der Waals surface area contributed by atoms with Crippen molar-refractivity contribution in [3.8, 4) is 5.75 Å². The number of para-hydroxylation sites is 2. The van der Waals surface area contributed by atoms with Crippen LogP contribution in [-0.2, 0) is 11.3 Å². The van der Waals surface area contributed by atoms with Gasteiger partial charge in [-0.1, -0.05) is 24.3 Å². The summed E-state index contributed by atoms with van der Waals surface area (Å²) in [4.78, 5) is 14.1. The van der Waals surface area contributed by atoms with Gasteiger partial charge in [-0.3, -0.25) is 4.79 Å². The quantitative estimate of drug-likeness (QED) is 0.842. The van der Waals surface area contributed by atoms with Gasteiger partial charge in [0.1, 0.15) is 17.6 Å². The minimum absolute atomic E-state index is 0.0782. The minimum atomic E-state index is -0.426. The van der Waals surface area contributed by atoms with Crippen LogP contribution in [0, 0.1) is 5.82 Å². The number of nitrogens with zero attached hydrogens (tertiary/aromatic N) is 1. The zero-order valence-electron chi connectivity index (χ0n) is 14.3. The van der Waals surface area contributed by atoms with Crippen LogP contribution >= 0.6 is 0 Å². The van der Waals surface area contributed by atoms with E-state index in [4.69, 9.17) is 4.74 Å². The van der Waals surface area contributed by atoms with Crippen molar-refractivity contribution in [1.29, 1.82) is 0 Å². The predicted molar refractivity (Wildman–Crippen MR) is 93.6 cm³/mol. The molecule has 0 fully saturated rings. The smallest absolute Gasteiger partial charge is 0.244 e. The molecular weight excluding hydrogens is 307 g/mol. The van der Waals surface area contributed by atoms with Crippen LogP contribution in [0.3, 0.4) is 0 Å². The van der Waals surface area contributed by atoms with Crippen molar-refractivity contribution in [2.24, 2.45) is 0 Å². The molecule has 1 amide bonds. The number of halogens is 1. The zero-order valence-corrected chi connectivity index (χ0v) is 14.3. The molecule has 0 heterocycles. The van der Waals surface area contributed by atoms with Gasteiger partial charge in [0.15, 0.2) is 0 Å². The third-order valence-electron chi connectivity index (χ3n) is 3.61. The molecule has 0 bridgehead atoms. The van der Waals surface area contributed by atoms with Gasteiger partial charge in [0, 0.05) is 13.6 Å². The molecule has 2 rings (SSSR count). The molecule has 0 saturated heterocycles. The Bertz CT molecular complexity index is 691. The number of carbonyl (C=O) groups excluding carboxylic acids is 1. The van der Waals surface area contributed by atoms with E-state index in [2.05, 4.69) is 5.32 Å². The van der Waals surface area contributed by atoms with E-state index < -0.39 is 6.04 Å². The van der Waals surface area contributed by atoms with E-state index in [-0.39, 0.29) is 11.7 Å².